The zero-order valence-corrected chi connectivity index (χ0v) is 19.4. The third kappa shape index (κ3) is 5.35. The van der Waals surface area contributed by atoms with Crippen LogP contribution in [0.25, 0.3) is 0 Å². The number of methoxy groups -OCH3 is 2. The van der Waals surface area contributed by atoms with Crippen LogP contribution in [0.2, 0.25) is 0 Å². The lowest BCUT2D eigenvalue weighted by molar-refractivity contribution is 0.0991. The Morgan fingerprint density at radius 2 is 1.69 bits per heavy atom. The molecule has 0 saturated heterocycles. The molecule has 0 aliphatic heterocycles. The normalized spacial score (nSPS) is 10.7. The fourth-order valence-corrected chi connectivity index (χ4v) is 3.21. The molecule has 170 valence electrons. The highest BCUT2D eigenvalue weighted by molar-refractivity contribution is 6.04. The molecule has 2 N–H and O–H groups in total. The lowest BCUT2D eigenvalue weighted by Gasteiger charge is -2.15. The van der Waals surface area contributed by atoms with Gasteiger partial charge in [0.1, 0.15) is 22.9 Å². The first-order valence-electron chi connectivity index (χ1n) is 10.6. The van der Waals surface area contributed by atoms with E-state index in [-0.39, 0.29) is 11.7 Å². The van der Waals surface area contributed by atoms with E-state index < -0.39 is 5.91 Å². The highest BCUT2D eigenvalue weighted by Crippen LogP contribution is 2.37. The van der Waals surface area contributed by atoms with E-state index in [4.69, 9.17) is 18.6 Å². The molecule has 1 heterocycles. The maximum absolute atomic E-state index is 12.8. The number of carbonyl (C=O) groups is 1. The maximum atomic E-state index is 12.8. The summed E-state index contributed by atoms with van der Waals surface area (Å²) in [5.74, 6) is 1.58. The van der Waals surface area contributed by atoms with E-state index in [1.165, 1.54) is 0 Å². The molecule has 0 spiro atoms. The van der Waals surface area contributed by atoms with Crippen molar-refractivity contribution >= 4 is 17.3 Å². The number of anilines is 2. The van der Waals surface area contributed by atoms with Gasteiger partial charge in [0.25, 0.3) is 11.9 Å². The summed E-state index contributed by atoms with van der Waals surface area (Å²) >= 11 is 0. The molecule has 3 aromatic rings. The molecule has 32 heavy (non-hydrogen) atoms. The summed E-state index contributed by atoms with van der Waals surface area (Å²) in [5.41, 5.74) is 3.38. The first kappa shape index (κ1) is 23.1. The number of ether oxygens (including phenoxy) is 3. The average Bonchev–Trinajstić information content (AvgIpc) is 3.24. The van der Waals surface area contributed by atoms with Crippen molar-refractivity contribution in [1.82, 2.24) is 0 Å². The van der Waals surface area contributed by atoms with E-state index in [2.05, 4.69) is 24.5 Å². The fraction of sp³-hybridized carbons (Fsp3) is 0.320. The molecule has 1 amide bonds. The number of rotatable bonds is 9. The molecule has 0 atom stereocenters. The van der Waals surface area contributed by atoms with Crippen molar-refractivity contribution in [2.75, 3.05) is 24.9 Å². The van der Waals surface area contributed by atoms with E-state index in [9.17, 15) is 4.79 Å². The zero-order valence-electron chi connectivity index (χ0n) is 19.4. The molecule has 7 heteroatoms. The molecule has 0 aliphatic carbocycles. The largest absolute Gasteiger partial charge is 0.494 e. The summed E-state index contributed by atoms with van der Waals surface area (Å²) in [6.07, 6.45) is 0.813. The van der Waals surface area contributed by atoms with Crippen molar-refractivity contribution in [2.24, 2.45) is 0 Å². The van der Waals surface area contributed by atoms with Crippen molar-refractivity contribution in [3.05, 3.63) is 59.4 Å². The highest BCUT2D eigenvalue weighted by Gasteiger charge is 2.19. The Morgan fingerprint density at radius 1 is 1.00 bits per heavy atom. The van der Waals surface area contributed by atoms with Gasteiger partial charge >= 0.3 is 0 Å². The van der Waals surface area contributed by atoms with E-state index >= 15 is 0 Å². The summed E-state index contributed by atoms with van der Waals surface area (Å²) in [4.78, 5) is 12.8. The van der Waals surface area contributed by atoms with Crippen LogP contribution in [-0.4, -0.2) is 26.2 Å². The Bertz CT molecular complexity index is 1060. The van der Waals surface area contributed by atoms with E-state index in [0.29, 0.717) is 29.0 Å². The SMILES string of the molecule is CCc1cc(OC)c(NC(=O)c2ccc(Oc3cc(NC(C)C)ccc3C)o2)c(OC)c1. The van der Waals surface area contributed by atoms with Crippen molar-refractivity contribution < 1.29 is 23.4 Å². The molecule has 0 bridgehead atoms. The van der Waals surface area contributed by atoms with E-state index in [1.54, 1.807) is 26.4 Å². The summed E-state index contributed by atoms with van der Waals surface area (Å²) in [6.45, 7) is 8.12. The van der Waals surface area contributed by atoms with E-state index in [0.717, 1.165) is 23.2 Å². The molecule has 7 nitrogen and oxygen atoms in total. The minimum atomic E-state index is -0.437. The van der Waals surface area contributed by atoms with Gasteiger partial charge in [-0.15, -0.1) is 0 Å². The predicted octanol–water partition coefficient (Wildman–Crippen LogP) is 6.03. The number of nitrogens with one attached hydrogen (secondary N) is 2. The van der Waals surface area contributed by atoms with E-state index in [1.807, 2.05) is 44.2 Å². The second-order valence-corrected chi connectivity index (χ2v) is 7.68. The molecule has 0 fully saturated rings. The van der Waals surface area contributed by atoms with Gasteiger partial charge in [0, 0.05) is 23.9 Å². The summed E-state index contributed by atoms with van der Waals surface area (Å²) in [7, 11) is 3.10. The number of amides is 1. The van der Waals surface area contributed by atoms with Gasteiger partial charge in [0.2, 0.25) is 0 Å². The zero-order chi connectivity index (χ0) is 23.3. The second-order valence-electron chi connectivity index (χ2n) is 7.68. The highest BCUT2D eigenvalue weighted by atomic mass is 16.6. The number of benzene rings is 2. The van der Waals surface area contributed by atoms with Gasteiger partial charge in [-0.2, -0.15) is 0 Å². The Hall–Kier alpha value is -3.61. The topological polar surface area (TPSA) is 82.0 Å². The standard InChI is InChI=1S/C25H30N2O5/c1-7-17-12-21(29-5)24(22(13-17)30-6)27-25(28)19-10-11-23(31-19)32-20-14-18(26-15(2)3)9-8-16(20)4/h8-15,26H,7H2,1-6H3,(H,27,28). The second kappa shape index (κ2) is 10.1. The molecule has 0 unspecified atom stereocenters. The Labute approximate surface area is 188 Å². The van der Waals surface area contributed by atoms with Crippen LogP contribution in [0.5, 0.6) is 23.2 Å². The number of hydrogen-bond donors (Lipinski definition) is 2. The van der Waals surface area contributed by atoms with Crippen molar-refractivity contribution in [2.45, 2.75) is 40.2 Å². The quantitative estimate of drug-likeness (QED) is 0.424. The Morgan fingerprint density at radius 3 is 2.28 bits per heavy atom. The lowest BCUT2D eigenvalue weighted by atomic mass is 10.1. The van der Waals surface area contributed by atoms with Gasteiger partial charge in [-0.3, -0.25) is 4.79 Å². The molecule has 0 saturated carbocycles. The Kier molecular flexibility index (Phi) is 7.30. The van der Waals surface area contributed by atoms with Crippen LogP contribution in [0, 0.1) is 6.92 Å². The number of hydrogen-bond acceptors (Lipinski definition) is 6. The Balaban J connectivity index is 1.79. The predicted molar refractivity (Wildman–Crippen MR) is 126 cm³/mol. The fourth-order valence-electron chi connectivity index (χ4n) is 3.21. The lowest BCUT2D eigenvalue weighted by Crippen LogP contribution is -2.13. The van der Waals surface area contributed by atoms with Gasteiger partial charge in [-0.1, -0.05) is 13.0 Å². The number of furan rings is 1. The third-order valence-electron chi connectivity index (χ3n) is 4.87. The minimum absolute atomic E-state index is 0.109. The van der Waals surface area contributed by atoms with Crippen LogP contribution in [-0.2, 0) is 6.42 Å². The molecule has 0 aliphatic rings. The van der Waals surface area contributed by atoms with Crippen LogP contribution in [0.1, 0.15) is 42.5 Å². The van der Waals surface area contributed by atoms with Crippen LogP contribution in [0.15, 0.2) is 46.9 Å². The third-order valence-corrected chi connectivity index (χ3v) is 4.87. The van der Waals surface area contributed by atoms with Gasteiger partial charge < -0.3 is 29.3 Å². The van der Waals surface area contributed by atoms with Crippen LogP contribution < -0.4 is 24.8 Å². The first-order valence-corrected chi connectivity index (χ1v) is 10.6. The summed E-state index contributed by atoms with van der Waals surface area (Å²) in [5, 5.41) is 6.16. The monoisotopic (exact) mass is 438 g/mol. The molecule has 2 aromatic carbocycles. The van der Waals surface area contributed by atoms with Gasteiger partial charge in [0.15, 0.2) is 5.76 Å². The molecule has 0 radical (unpaired) electrons. The summed E-state index contributed by atoms with van der Waals surface area (Å²) < 4.78 is 22.4. The minimum Gasteiger partial charge on any atom is -0.494 e. The summed E-state index contributed by atoms with van der Waals surface area (Å²) in [6, 6.07) is 13.1. The van der Waals surface area contributed by atoms with Crippen LogP contribution >= 0.6 is 0 Å². The molecular formula is C25H30N2O5. The van der Waals surface area contributed by atoms with Crippen molar-refractivity contribution in [3.8, 4) is 23.2 Å². The number of carbonyl (C=O) groups excluding carboxylic acids is 1. The van der Waals surface area contributed by atoms with Gasteiger partial charge in [-0.25, -0.2) is 0 Å². The average molecular weight is 439 g/mol. The van der Waals surface area contributed by atoms with Crippen molar-refractivity contribution in [3.63, 3.8) is 0 Å². The molecular weight excluding hydrogens is 408 g/mol. The van der Waals surface area contributed by atoms with Gasteiger partial charge in [-0.05, 0) is 62.6 Å². The number of aryl methyl sites for hydroxylation is 2. The van der Waals surface area contributed by atoms with Crippen LogP contribution in [0.4, 0.5) is 11.4 Å². The van der Waals surface area contributed by atoms with Crippen molar-refractivity contribution in [1.29, 1.82) is 0 Å². The molecule has 1 aromatic heterocycles. The first-order chi connectivity index (χ1) is 15.3. The van der Waals surface area contributed by atoms with Gasteiger partial charge in [0.05, 0.1) is 14.2 Å². The molecule has 3 rings (SSSR count). The smallest absolute Gasteiger partial charge is 0.291 e. The maximum Gasteiger partial charge on any atom is 0.291 e. The van der Waals surface area contributed by atoms with Crippen LogP contribution in [0.3, 0.4) is 0 Å².